The molecule has 0 rings (SSSR count). The number of hydrogen-bond donors (Lipinski definition) is 0. The van der Waals surface area contributed by atoms with Gasteiger partial charge in [-0.1, -0.05) is 13.1 Å². The summed E-state index contributed by atoms with van der Waals surface area (Å²) >= 11 is 0. The van der Waals surface area contributed by atoms with Gasteiger partial charge in [0, 0.05) is 6.61 Å². The molecule has 0 aromatic rings. The van der Waals surface area contributed by atoms with Crippen LogP contribution in [0.4, 0.5) is 0 Å². The fourth-order valence-corrected chi connectivity index (χ4v) is 0.391. The third-order valence-corrected chi connectivity index (χ3v) is 0.846. The second-order valence-electron chi connectivity index (χ2n) is 1.55. The zero-order valence-corrected chi connectivity index (χ0v) is 5.24. The first-order chi connectivity index (χ1) is 3.41. The maximum absolute atomic E-state index is 5.07. The molecule has 0 heterocycles. The molecule has 0 aromatic carbocycles. The van der Waals surface area contributed by atoms with Crippen LogP contribution in [0.5, 0.6) is 0 Å². The summed E-state index contributed by atoms with van der Waals surface area (Å²) < 4.78 is 5.07. The van der Waals surface area contributed by atoms with Crippen molar-refractivity contribution in [1.29, 1.82) is 0 Å². The van der Waals surface area contributed by atoms with E-state index < -0.39 is 0 Å². The fraction of sp³-hybridized carbons (Fsp3) is 1.00. The van der Waals surface area contributed by atoms with Gasteiger partial charge >= 0.3 is 0 Å². The van der Waals surface area contributed by atoms with Crippen molar-refractivity contribution in [2.75, 3.05) is 6.61 Å². The molecule has 0 spiro atoms. The van der Waals surface area contributed by atoms with E-state index in [0.717, 1.165) is 14.1 Å². The van der Waals surface area contributed by atoms with Crippen LogP contribution in [0.25, 0.3) is 0 Å². The molecular weight excluding hydrogens is 85.7 g/mol. The van der Waals surface area contributed by atoms with Gasteiger partial charge in [-0.05, 0) is 6.42 Å². The van der Waals surface area contributed by atoms with E-state index in [1.54, 1.807) is 0 Å². The summed E-state index contributed by atoms with van der Waals surface area (Å²) in [5.41, 5.74) is 0. The SMILES string of the molecule is BCCCOBC. The summed E-state index contributed by atoms with van der Waals surface area (Å²) in [5, 5.41) is 0. The molecule has 0 atom stereocenters. The number of rotatable bonds is 4. The van der Waals surface area contributed by atoms with Gasteiger partial charge in [-0.3, -0.25) is 0 Å². The minimum atomic E-state index is 0.861. The highest BCUT2D eigenvalue weighted by molar-refractivity contribution is 6.24. The van der Waals surface area contributed by atoms with Crippen molar-refractivity contribution < 1.29 is 4.65 Å². The fourth-order valence-electron chi connectivity index (χ4n) is 0.391. The van der Waals surface area contributed by atoms with Crippen LogP contribution < -0.4 is 0 Å². The molecule has 0 saturated heterocycles. The second-order valence-corrected chi connectivity index (χ2v) is 1.55. The van der Waals surface area contributed by atoms with Gasteiger partial charge in [0.2, 0.25) is 0 Å². The predicted octanol–water partition coefficient (Wildman–Crippen LogP) is -0.156. The Morgan fingerprint density at radius 1 is 1.71 bits per heavy atom. The van der Waals surface area contributed by atoms with Crippen LogP contribution in [-0.2, 0) is 4.65 Å². The van der Waals surface area contributed by atoms with E-state index in [1.165, 1.54) is 12.7 Å². The summed E-state index contributed by atoms with van der Waals surface area (Å²) in [6.07, 6.45) is 2.44. The summed E-state index contributed by atoms with van der Waals surface area (Å²) in [5.74, 6) is 0. The van der Waals surface area contributed by atoms with Crippen molar-refractivity contribution in [1.82, 2.24) is 0 Å². The van der Waals surface area contributed by atoms with Crippen LogP contribution in [0, 0.1) is 0 Å². The van der Waals surface area contributed by atoms with E-state index in [-0.39, 0.29) is 0 Å². The summed E-state index contributed by atoms with van der Waals surface area (Å²) in [4.78, 5) is 0. The lowest BCUT2D eigenvalue weighted by atomic mass is 10.0. The molecular formula is C4H12B2O. The van der Waals surface area contributed by atoms with Crippen LogP contribution in [-0.4, -0.2) is 21.9 Å². The zero-order chi connectivity index (χ0) is 5.54. The van der Waals surface area contributed by atoms with E-state index in [0.29, 0.717) is 0 Å². The van der Waals surface area contributed by atoms with Crippen molar-refractivity contribution in [3.8, 4) is 0 Å². The number of hydrogen-bond acceptors (Lipinski definition) is 1. The van der Waals surface area contributed by atoms with E-state index in [1.807, 2.05) is 6.82 Å². The lowest BCUT2D eigenvalue weighted by Crippen LogP contribution is -1.94. The maximum atomic E-state index is 5.07. The highest BCUT2D eigenvalue weighted by Gasteiger charge is 1.80. The van der Waals surface area contributed by atoms with Gasteiger partial charge in [0.25, 0.3) is 7.48 Å². The molecule has 1 nitrogen and oxygen atoms in total. The zero-order valence-electron chi connectivity index (χ0n) is 5.24. The largest absolute Gasteiger partial charge is 0.440 e. The van der Waals surface area contributed by atoms with Gasteiger partial charge < -0.3 is 4.65 Å². The molecule has 0 radical (unpaired) electrons. The first-order valence-corrected chi connectivity index (χ1v) is 2.99. The standard InChI is InChI=1S/C4H12B2O/c1-6-7-4-2-3-5/h6H,2-5H2,1H3. The molecule has 0 aliphatic rings. The molecule has 0 aliphatic carbocycles. The van der Waals surface area contributed by atoms with Crippen LogP contribution in [0.1, 0.15) is 6.42 Å². The molecule has 0 aliphatic heterocycles. The van der Waals surface area contributed by atoms with Gasteiger partial charge in [0.15, 0.2) is 0 Å². The van der Waals surface area contributed by atoms with Gasteiger partial charge in [-0.25, -0.2) is 0 Å². The average molecular weight is 97.8 g/mol. The maximum Gasteiger partial charge on any atom is 0.271 e. The highest BCUT2D eigenvalue weighted by atomic mass is 16.4. The summed E-state index contributed by atoms with van der Waals surface area (Å²) in [6.45, 7) is 2.96. The molecule has 7 heavy (non-hydrogen) atoms. The Morgan fingerprint density at radius 2 is 2.43 bits per heavy atom. The Balaban J connectivity index is 2.45. The molecule has 3 heteroatoms. The second kappa shape index (κ2) is 6.09. The Hall–Kier alpha value is 0.0899. The van der Waals surface area contributed by atoms with Gasteiger partial charge in [-0.2, -0.15) is 0 Å². The first-order valence-electron chi connectivity index (χ1n) is 2.99. The minimum absolute atomic E-state index is 0.861. The third kappa shape index (κ3) is 6.09. The smallest absolute Gasteiger partial charge is 0.271 e. The molecule has 0 saturated carbocycles. The Labute approximate surface area is 47.1 Å². The predicted molar refractivity (Wildman–Crippen MR) is 36.9 cm³/mol. The van der Waals surface area contributed by atoms with Crippen molar-refractivity contribution in [3.63, 3.8) is 0 Å². The van der Waals surface area contributed by atoms with Crippen LogP contribution in [0.3, 0.4) is 0 Å². The van der Waals surface area contributed by atoms with Crippen molar-refractivity contribution in [2.24, 2.45) is 0 Å². The lowest BCUT2D eigenvalue weighted by Gasteiger charge is -1.94. The van der Waals surface area contributed by atoms with E-state index in [9.17, 15) is 0 Å². The van der Waals surface area contributed by atoms with Crippen LogP contribution >= 0.6 is 0 Å². The van der Waals surface area contributed by atoms with Crippen molar-refractivity contribution in [3.05, 3.63) is 0 Å². The van der Waals surface area contributed by atoms with Crippen molar-refractivity contribution >= 4 is 15.3 Å². The minimum Gasteiger partial charge on any atom is -0.440 e. The van der Waals surface area contributed by atoms with Crippen molar-refractivity contribution in [2.45, 2.75) is 19.6 Å². The monoisotopic (exact) mass is 98.1 g/mol. The van der Waals surface area contributed by atoms with E-state index in [2.05, 4.69) is 7.85 Å². The molecule has 0 bridgehead atoms. The molecule has 0 fully saturated rings. The Kier molecular flexibility index (Phi) is 6.17. The van der Waals surface area contributed by atoms with Gasteiger partial charge in [-0.15, -0.1) is 0 Å². The van der Waals surface area contributed by atoms with Gasteiger partial charge in [0.05, 0.1) is 0 Å². The Morgan fingerprint density at radius 3 is 2.86 bits per heavy atom. The van der Waals surface area contributed by atoms with Gasteiger partial charge in [0.1, 0.15) is 7.85 Å². The van der Waals surface area contributed by atoms with Crippen LogP contribution in [0.15, 0.2) is 0 Å². The summed E-state index contributed by atoms with van der Waals surface area (Å²) in [6, 6.07) is 0. The molecule has 0 amide bonds. The Bertz CT molecular complexity index is 28.9. The lowest BCUT2D eigenvalue weighted by molar-refractivity contribution is 0.338. The molecule has 40 valence electrons. The highest BCUT2D eigenvalue weighted by Crippen LogP contribution is 1.83. The molecule has 0 aromatic heterocycles. The third-order valence-electron chi connectivity index (χ3n) is 0.846. The van der Waals surface area contributed by atoms with E-state index >= 15 is 0 Å². The van der Waals surface area contributed by atoms with Crippen LogP contribution in [0.2, 0.25) is 13.1 Å². The quantitative estimate of drug-likeness (QED) is 0.350. The molecule has 0 N–H and O–H groups in total. The molecule has 0 unspecified atom stereocenters. The average Bonchev–Trinajstić information content (AvgIpc) is 1.69. The van der Waals surface area contributed by atoms with E-state index in [4.69, 9.17) is 4.65 Å². The topological polar surface area (TPSA) is 9.23 Å². The normalized spacial score (nSPS) is 8.71. The summed E-state index contributed by atoms with van der Waals surface area (Å²) in [7, 11) is 3.03. The first kappa shape index (κ1) is 7.09.